The van der Waals surface area contributed by atoms with Crippen LogP contribution in [0.4, 0.5) is 0 Å². The molecule has 1 spiro atoms. The number of likely N-dealkylation sites (tertiary alicyclic amines) is 1. The van der Waals surface area contributed by atoms with Crippen molar-refractivity contribution in [2.45, 2.75) is 68.7 Å². The minimum atomic E-state index is -0.322. The van der Waals surface area contributed by atoms with Gasteiger partial charge in [-0.3, -0.25) is 14.5 Å². The number of carbonyl (C=O) groups excluding carboxylic acids is 2. The van der Waals surface area contributed by atoms with Crippen LogP contribution in [0, 0.1) is 5.92 Å². The lowest BCUT2D eigenvalue weighted by molar-refractivity contribution is -0.151. The van der Waals surface area contributed by atoms with E-state index in [9.17, 15) is 9.59 Å². The molecule has 0 radical (unpaired) electrons. The predicted molar refractivity (Wildman–Crippen MR) is 167 cm³/mol. The van der Waals surface area contributed by atoms with E-state index in [1.54, 1.807) is 12.1 Å². The SMILES string of the molecule is CC(=O)OC(CN1CC[C@]23c4c5cccc4O[C@H]2[C@H](N(C)C(=O)Cc2ccc(Cl)c(Cl)c2)CC[C@H]3[C@H]1C5)c1ccccc1. The normalized spacial score (nSPS) is 27.5. The zero-order valence-corrected chi connectivity index (χ0v) is 26.0. The van der Waals surface area contributed by atoms with Crippen LogP contribution >= 0.6 is 23.2 Å². The molecule has 2 bridgehead atoms. The Morgan fingerprint density at radius 2 is 1.88 bits per heavy atom. The molecule has 0 N–H and O–H groups in total. The molecule has 1 saturated carbocycles. The summed E-state index contributed by atoms with van der Waals surface area (Å²) in [4.78, 5) is 30.2. The number of nitrogens with zero attached hydrogens (tertiary/aromatic N) is 2. The molecule has 7 rings (SSSR count). The van der Waals surface area contributed by atoms with Crippen molar-refractivity contribution in [3.63, 3.8) is 0 Å². The Morgan fingerprint density at radius 3 is 2.65 bits per heavy atom. The number of carbonyl (C=O) groups is 2. The highest BCUT2D eigenvalue weighted by Gasteiger charge is 2.66. The third kappa shape index (κ3) is 4.83. The van der Waals surface area contributed by atoms with E-state index in [0.717, 1.165) is 49.1 Å². The third-order valence-corrected chi connectivity index (χ3v) is 11.1. The highest BCUT2D eigenvalue weighted by Crippen LogP contribution is 2.62. The fourth-order valence-corrected chi connectivity index (χ4v) is 8.94. The first-order valence-corrected chi connectivity index (χ1v) is 16.0. The van der Waals surface area contributed by atoms with Gasteiger partial charge in [0.05, 0.1) is 22.5 Å². The van der Waals surface area contributed by atoms with E-state index in [2.05, 4.69) is 23.1 Å². The van der Waals surface area contributed by atoms with Gasteiger partial charge in [0.1, 0.15) is 18.0 Å². The third-order valence-electron chi connectivity index (χ3n) is 10.4. The van der Waals surface area contributed by atoms with E-state index in [-0.39, 0.29) is 42.0 Å². The van der Waals surface area contributed by atoms with Crippen molar-refractivity contribution in [2.24, 2.45) is 5.92 Å². The van der Waals surface area contributed by atoms with E-state index in [1.807, 2.05) is 48.3 Å². The number of benzene rings is 3. The summed E-state index contributed by atoms with van der Waals surface area (Å²) >= 11 is 12.4. The van der Waals surface area contributed by atoms with E-state index >= 15 is 0 Å². The molecule has 2 aliphatic heterocycles. The smallest absolute Gasteiger partial charge is 0.303 e. The van der Waals surface area contributed by atoms with Crippen LogP contribution < -0.4 is 4.74 Å². The summed E-state index contributed by atoms with van der Waals surface area (Å²) in [5, 5.41) is 0.942. The summed E-state index contributed by atoms with van der Waals surface area (Å²) in [6, 6.07) is 22.2. The minimum absolute atomic E-state index is 0.0322. The molecule has 3 aromatic rings. The number of piperidine rings is 1. The predicted octanol–water partition coefficient (Wildman–Crippen LogP) is 6.41. The average molecular weight is 620 g/mol. The molecule has 1 unspecified atom stereocenters. The van der Waals surface area contributed by atoms with Crippen molar-refractivity contribution in [3.05, 3.63) is 99.0 Å². The molecule has 43 heavy (non-hydrogen) atoms. The number of likely N-dealkylation sites (N-methyl/N-ethyl adjacent to an activating group) is 1. The van der Waals surface area contributed by atoms with Crippen molar-refractivity contribution in [3.8, 4) is 5.75 Å². The average Bonchev–Trinajstić information content (AvgIpc) is 3.34. The van der Waals surface area contributed by atoms with Crippen molar-refractivity contribution >= 4 is 35.1 Å². The Labute approximate surface area is 262 Å². The van der Waals surface area contributed by atoms with Crippen LogP contribution in [0.5, 0.6) is 5.75 Å². The summed E-state index contributed by atoms with van der Waals surface area (Å²) in [5.41, 5.74) is 4.44. The molecular weight excluding hydrogens is 583 g/mol. The summed E-state index contributed by atoms with van der Waals surface area (Å²) in [6.07, 6.45) is 3.61. The van der Waals surface area contributed by atoms with Gasteiger partial charge in [0, 0.05) is 37.5 Å². The van der Waals surface area contributed by atoms with Gasteiger partial charge >= 0.3 is 5.97 Å². The fraction of sp³-hybridized carbons (Fsp3) is 0.429. The number of halogens is 2. The highest BCUT2D eigenvalue weighted by atomic mass is 35.5. The number of hydrogen-bond acceptors (Lipinski definition) is 5. The number of rotatable bonds is 7. The topological polar surface area (TPSA) is 59.1 Å². The standard InChI is InChI=1S/C35H36Cl2N2O4/c1-21(40)42-31(23-7-4-3-5-8-23)20-39-16-15-35-25-12-14-28(38(2)32(41)18-22-11-13-26(36)27(37)17-22)34(35)43-30-10-6-9-24(33(30)35)19-29(25)39/h3-11,13,17,25,28-29,31,34H,12,14-16,18-20H2,1-2H3/t25-,28+,29+,31?,34-,35-/m0/s1. The van der Waals surface area contributed by atoms with Crippen LogP contribution in [0.15, 0.2) is 66.7 Å². The van der Waals surface area contributed by atoms with Gasteiger partial charge < -0.3 is 14.4 Å². The fourth-order valence-electron chi connectivity index (χ4n) is 8.62. The molecule has 6 nitrogen and oxygen atoms in total. The maximum absolute atomic E-state index is 13.6. The van der Waals surface area contributed by atoms with E-state index in [1.165, 1.54) is 18.1 Å². The van der Waals surface area contributed by atoms with Crippen LogP contribution in [0.3, 0.4) is 0 Å². The molecule has 4 aliphatic rings. The second kappa shape index (κ2) is 11.1. The first-order chi connectivity index (χ1) is 20.8. The quantitative estimate of drug-likeness (QED) is 0.287. The van der Waals surface area contributed by atoms with E-state index in [4.69, 9.17) is 32.7 Å². The molecule has 2 heterocycles. The van der Waals surface area contributed by atoms with E-state index in [0.29, 0.717) is 28.5 Å². The van der Waals surface area contributed by atoms with Gasteiger partial charge in [-0.15, -0.1) is 0 Å². The maximum Gasteiger partial charge on any atom is 0.303 e. The number of esters is 1. The molecule has 0 aromatic heterocycles. The molecule has 3 aromatic carbocycles. The van der Waals surface area contributed by atoms with Gasteiger partial charge in [-0.2, -0.15) is 0 Å². The Bertz CT molecular complexity index is 1560. The molecule has 6 atom stereocenters. The summed E-state index contributed by atoms with van der Waals surface area (Å²) < 4.78 is 12.8. The zero-order valence-electron chi connectivity index (χ0n) is 24.5. The Kier molecular flexibility index (Phi) is 7.43. The van der Waals surface area contributed by atoms with Crippen molar-refractivity contribution < 1.29 is 19.1 Å². The molecular formula is C35H36Cl2N2O4. The molecule has 1 saturated heterocycles. The van der Waals surface area contributed by atoms with Gasteiger partial charge in [-0.25, -0.2) is 0 Å². The van der Waals surface area contributed by atoms with Gasteiger partial charge in [0.2, 0.25) is 5.91 Å². The monoisotopic (exact) mass is 618 g/mol. The second-order valence-corrected chi connectivity index (χ2v) is 13.4. The summed E-state index contributed by atoms with van der Waals surface area (Å²) in [7, 11) is 1.92. The van der Waals surface area contributed by atoms with Crippen molar-refractivity contribution in [1.82, 2.24) is 9.80 Å². The minimum Gasteiger partial charge on any atom is -0.487 e. The van der Waals surface area contributed by atoms with Crippen molar-refractivity contribution in [1.29, 1.82) is 0 Å². The number of ether oxygens (including phenoxy) is 2. The summed E-state index contributed by atoms with van der Waals surface area (Å²) in [6.45, 7) is 3.03. The maximum atomic E-state index is 13.6. The van der Waals surface area contributed by atoms with Crippen LogP contribution in [-0.4, -0.2) is 60.0 Å². The lowest BCUT2D eigenvalue weighted by Gasteiger charge is -2.60. The van der Waals surface area contributed by atoms with Crippen LogP contribution in [-0.2, 0) is 32.6 Å². The lowest BCUT2D eigenvalue weighted by atomic mass is 9.51. The Hall–Kier alpha value is -3.06. The van der Waals surface area contributed by atoms with Crippen LogP contribution in [0.1, 0.15) is 54.5 Å². The molecule has 2 aliphatic carbocycles. The van der Waals surface area contributed by atoms with E-state index < -0.39 is 0 Å². The van der Waals surface area contributed by atoms with Gasteiger partial charge in [0.25, 0.3) is 0 Å². The van der Waals surface area contributed by atoms with Crippen LogP contribution in [0.25, 0.3) is 0 Å². The Balaban J connectivity index is 1.18. The molecule has 224 valence electrons. The van der Waals surface area contributed by atoms with Gasteiger partial charge in [-0.1, -0.05) is 71.7 Å². The van der Waals surface area contributed by atoms with Crippen LogP contribution in [0.2, 0.25) is 10.0 Å². The largest absolute Gasteiger partial charge is 0.487 e. The zero-order chi connectivity index (χ0) is 29.9. The lowest BCUT2D eigenvalue weighted by Crippen LogP contribution is -2.69. The van der Waals surface area contributed by atoms with Gasteiger partial charge in [-0.05, 0) is 73.0 Å². The highest BCUT2D eigenvalue weighted by molar-refractivity contribution is 6.42. The first-order valence-electron chi connectivity index (χ1n) is 15.2. The molecule has 2 fully saturated rings. The Morgan fingerprint density at radius 1 is 1.07 bits per heavy atom. The van der Waals surface area contributed by atoms with Crippen molar-refractivity contribution in [2.75, 3.05) is 20.1 Å². The summed E-state index contributed by atoms with van der Waals surface area (Å²) in [5.74, 6) is 1.17. The molecule has 1 amide bonds. The number of amides is 1. The molecule has 8 heteroatoms. The second-order valence-electron chi connectivity index (χ2n) is 12.6. The first kappa shape index (κ1) is 28.7. The number of hydrogen-bond donors (Lipinski definition) is 0. The van der Waals surface area contributed by atoms with Gasteiger partial charge in [0.15, 0.2) is 0 Å².